The van der Waals surface area contributed by atoms with Gasteiger partial charge in [0.05, 0.1) is 6.61 Å². The first-order valence-corrected chi connectivity index (χ1v) is 6.66. The highest BCUT2D eigenvalue weighted by molar-refractivity contribution is 9.10. The largest absolute Gasteiger partial charge is 0.490 e. The maximum atomic E-state index is 11.3. The minimum absolute atomic E-state index is 0.105. The number of aliphatic hydroxyl groups is 1. The Morgan fingerprint density at radius 2 is 2.06 bits per heavy atom. The summed E-state index contributed by atoms with van der Waals surface area (Å²) in [5.74, 6) is -0.0424. The zero-order valence-corrected chi connectivity index (χ0v) is 11.9. The van der Waals surface area contributed by atoms with E-state index in [-0.39, 0.29) is 6.61 Å². The van der Waals surface area contributed by atoms with Gasteiger partial charge in [-0.15, -0.1) is 0 Å². The van der Waals surface area contributed by atoms with Gasteiger partial charge in [-0.1, -0.05) is 29.3 Å². The number of halogens is 1. The van der Waals surface area contributed by atoms with Gasteiger partial charge in [0.15, 0.2) is 6.10 Å². The van der Waals surface area contributed by atoms with Crippen LogP contribution in [-0.2, 0) is 9.53 Å². The Balaban J connectivity index is 2.29. The van der Waals surface area contributed by atoms with Gasteiger partial charge >= 0.3 is 5.97 Å². The molecule has 0 spiro atoms. The molecule has 4 nitrogen and oxygen atoms in total. The number of hydrogen-bond acceptors (Lipinski definition) is 4. The minimum Gasteiger partial charge on any atom is -0.490 e. The summed E-state index contributed by atoms with van der Waals surface area (Å²) in [6.07, 6.45) is 0.496. The maximum Gasteiger partial charge on any atom is 0.338 e. The Morgan fingerprint density at radius 1 is 1.39 bits per heavy atom. The van der Waals surface area contributed by atoms with Crippen LogP contribution in [0.25, 0.3) is 0 Å². The number of carbonyl (C=O) groups excluding carboxylic acids is 1. The second-order valence-corrected chi connectivity index (χ2v) is 4.72. The van der Waals surface area contributed by atoms with Gasteiger partial charge in [-0.25, -0.2) is 4.79 Å². The molecule has 1 aromatic rings. The third-order valence-corrected chi connectivity index (χ3v) is 2.76. The van der Waals surface area contributed by atoms with Gasteiger partial charge in [0.1, 0.15) is 12.4 Å². The second kappa shape index (κ2) is 8.11. The molecule has 0 heterocycles. The molecule has 0 saturated carbocycles. The number of ether oxygens (including phenoxy) is 2. The molecule has 0 aromatic heterocycles. The standard InChI is InChI=1S/C13H17BrO4/c1-2-3-8-17-13(16)12(15)9-18-11-6-4-10(14)5-7-11/h4-7,12,15H,2-3,8-9H2,1H3. The molecule has 5 heteroatoms. The lowest BCUT2D eigenvalue weighted by Gasteiger charge is -2.12. The van der Waals surface area contributed by atoms with Gasteiger partial charge in [-0.05, 0) is 30.7 Å². The molecule has 0 bridgehead atoms. The normalized spacial score (nSPS) is 11.9. The molecule has 18 heavy (non-hydrogen) atoms. The Bertz CT molecular complexity index is 364. The third-order valence-electron chi connectivity index (χ3n) is 2.24. The number of carbonyl (C=O) groups is 1. The van der Waals surface area contributed by atoms with Crippen LogP contribution in [0.3, 0.4) is 0 Å². The van der Waals surface area contributed by atoms with E-state index in [0.29, 0.717) is 12.4 Å². The Kier molecular flexibility index (Phi) is 6.75. The lowest BCUT2D eigenvalue weighted by molar-refractivity contribution is -0.155. The van der Waals surface area contributed by atoms with Crippen LogP contribution < -0.4 is 4.74 Å². The zero-order chi connectivity index (χ0) is 13.4. The van der Waals surface area contributed by atoms with Gasteiger partial charge in [0.2, 0.25) is 0 Å². The van der Waals surface area contributed by atoms with Gasteiger partial charge in [0, 0.05) is 4.47 Å². The summed E-state index contributed by atoms with van der Waals surface area (Å²) in [5.41, 5.74) is 0. The van der Waals surface area contributed by atoms with Crippen LogP contribution in [0.4, 0.5) is 0 Å². The van der Waals surface area contributed by atoms with Crippen molar-refractivity contribution in [3.05, 3.63) is 28.7 Å². The van der Waals surface area contributed by atoms with Gasteiger partial charge in [-0.2, -0.15) is 0 Å². The number of aliphatic hydroxyl groups excluding tert-OH is 1. The van der Waals surface area contributed by atoms with E-state index in [0.717, 1.165) is 17.3 Å². The minimum atomic E-state index is -1.24. The second-order valence-electron chi connectivity index (χ2n) is 3.80. The van der Waals surface area contributed by atoms with Crippen molar-refractivity contribution in [2.45, 2.75) is 25.9 Å². The third kappa shape index (κ3) is 5.51. The first kappa shape index (κ1) is 15.0. The van der Waals surface area contributed by atoms with Crippen molar-refractivity contribution < 1.29 is 19.4 Å². The fourth-order valence-electron chi connectivity index (χ4n) is 1.19. The van der Waals surface area contributed by atoms with E-state index in [9.17, 15) is 9.90 Å². The van der Waals surface area contributed by atoms with Crippen molar-refractivity contribution in [3.8, 4) is 5.75 Å². The number of unbranched alkanes of at least 4 members (excludes halogenated alkanes) is 1. The van der Waals surface area contributed by atoms with Crippen LogP contribution in [0.5, 0.6) is 5.75 Å². The van der Waals surface area contributed by atoms with E-state index >= 15 is 0 Å². The Labute approximate surface area is 115 Å². The molecular formula is C13H17BrO4. The molecule has 0 fully saturated rings. The highest BCUT2D eigenvalue weighted by Gasteiger charge is 2.17. The van der Waals surface area contributed by atoms with E-state index in [4.69, 9.17) is 9.47 Å². The molecule has 1 atom stereocenters. The molecule has 1 rings (SSSR count). The van der Waals surface area contributed by atoms with Crippen molar-refractivity contribution in [1.29, 1.82) is 0 Å². The number of benzene rings is 1. The topological polar surface area (TPSA) is 55.8 Å². The van der Waals surface area contributed by atoms with Crippen molar-refractivity contribution >= 4 is 21.9 Å². The zero-order valence-electron chi connectivity index (χ0n) is 10.3. The predicted octanol–water partition coefficient (Wildman–Crippen LogP) is 2.53. The Hall–Kier alpha value is -1.07. The van der Waals surface area contributed by atoms with Crippen molar-refractivity contribution in [1.82, 2.24) is 0 Å². The van der Waals surface area contributed by atoms with E-state index < -0.39 is 12.1 Å². The quantitative estimate of drug-likeness (QED) is 0.620. The monoisotopic (exact) mass is 316 g/mol. The van der Waals surface area contributed by atoms with Gasteiger partial charge < -0.3 is 14.6 Å². The van der Waals surface area contributed by atoms with Crippen LogP contribution in [0.1, 0.15) is 19.8 Å². The summed E-state index contributed by atoms with van der Waals surface area (Å²) in [7, 11) is 0. The lowest BCUT2D eigenvalue weighted by Crippen LogP contribution is -2.29. The summed E-state index contributed by atoms with van der Waals surface area (Å²) in [6, 6.07) is 7.14. The van der Waals surface area contributed by atoms with Gasteiger partial charge in [0.25, 0.3) is 0 Å². The van der Waals surface area contributed by atoms with E-state index in [1.54, 1.807) is 12.1 Å². The summed E-state index contributed by atoms with van der Waals surface area (Å²) in [4.78, 5) is 11.3. The first-order chi connectivity index (χ1) is 8.63. The Morgan fingerprint density at radius 3 is 2.67 bits per heavy atom. The lowest BCUT2D eigenvalue weighted by atomic mass is 10.3. The average molecular weight is 317 g/mol. The van der Waals surface area contributed by atoms with Crippen LogP contribution in [0.15, 0.2) is 28.7 Å². The molecule has 1 aromatic carbocycles. The van der Waals surface area contributed by atoms with E-state index in [1.807, 2.05) is 19.1 Å². The molecule has 0 aliphatic carbocycles. The van der Waals surface area contributed by atoms with Crippen LogP contribution >= 0.6 is 15.9 Å². The maximum absolute atomic E-state index is 11.3. The number of hydrogen-bond donors (Lipinski definition) is 1. The summed E-state index contributed by atoms with van der Waals surface area (Å²) < 4.78 is 11.1. The highest BCUT2D eigenvalue weighted by atomic mass is 79.9. The van der Waals surface area contributed by atoms with Crippen molar-refractivity contribution in [3.63, 3.8) is 0 Å². The summed E-state index contributed by atoms with van der Waals surface area (Å²) in [6.45, 7) is 2.23. The molecule has 1 unspecified atom stereocenters. The smallest absolute Gasteiger partial charge is 0.338 e. The highest BCUT2D eigenvalue weighted by Crippen LogP contribution is 2.16. The summed E-state index contributed by atoms with van der Waals surface area (Å²) in [5, 5.41) is 9.52. The van der Waals surface area contributed by atoms with Crippen molar-refractivity contribution in [2.75, 3.05) is 13.2 Å². The van der Waals surface area contributed by atoms with E-state index in [1.165, 1.54) is 0 Å². The fraction of sp³-hybridized carbons (Fsp3) is 0.462. The molecule has 0 amide bonds. The molecule has 0 aliphatic heterocycles. The number of esters is 1. The molecule has 1 N–H and O–H groups in total. The average Bonchev–Trinajstić information content (AvgIpc) is 2.38. The number of rotatable bonds is 7. The first-order valence-electron chi connectivity index (χ1n) is 5.86. The molecule has 0 saturated heterocycles. The van der Waals surface area contributed by atoms with E-state index in [2.05, 4.69) is 15.9 Å². The van der Waals surface area contributed by atoms with Crippen molar-refractivity contribution in [2.24, 2.45) is 0 Å². The van der Waals surface area contributed by atoms with Crippen LogP contribution in [-0.4, -0.2) is 30.4 Å². The fourth-order valence-corrected chi connectivity index (χ4v) is 1.45. The summed E-state index contributed by atoms with van der Waals surface area (Å²) >= 11 is 3.30. The molecular weight excluding hydrogens is 300 g/mol. The SMILES string of the molecule is CCCCOC(=O)C(O)COc1ccc(Br)cc1. The van der Waals surface area contributed by atoms with Crippen LogP contribution in [0.2, 0.25) is 0 Å². The molecule has 100 valence electrons. The predicted molar refractivity (Wildman–Crippen MR) is 71.5 cm³/mol. The van der Waals surface area contributed by atoms with Gasteiger partial charge in [-0.3, -0.25) is 0 Å². The molecule has 0 aliphatic rings. The molecule has 0 radical (unpaired) electrons. The van der Waals surface area contributed by atoms with Crippen LogP contribution in [0, 0.1) is 0 Å².